The Balaban J connectivity index is 2.46. The number of nitrogens with one attached hydrogen (secondary N) is 1. The highest BCUT2D eigenvalue weighted by molar-refractivity contribution is 7.92. The highest BCUT2D eigenvalue weighted by atomic mass is 35.5. The summed E-state index contributed by atoms with van der Waals surface area (Å²) < 4.78 is 31.8. The lowest BCUT2D eigenvalue weighted by Crippen LogP contribution is -2.51. The summed E-state index contributed by atoms with van der Waals surface area (Å²) in [5.41, 5.74) is 1.67. The van der Waals surface area contributed by atoms with E-state index in [0.717, 1.165) is 22.5 Å². The topological polar surface area (TPSA) is 96.0 Å². The minimum Gasteiger partial charge on any atom is -0.495 e. The van der Waals surface area contributed by atoms with Crippen molar-refractivity contribution in [3.63, 3.8) is 0 Å². The summed E-state index contributed by atoms with van der Waals surface area (Å²) in [5.74, 6) is -0.609. The van der Waals surface area contributed by atoms with Gasteiger partial charge in [-0.15, -0.1) is 0 Å². The van der Waals surface area contributed by atoms with E-state index in [1.165, 1.54) is 12.0 Å². The summed E-state index contributed by atoms with van der Waals surface area (Å²) in [6.45, 7) is 5.28. The monoisotopic (exact) mass is 543 g/mol. The molecule has 0 bridgehead atoms. The van der Waals surface area contributed by atoms with Gasteiger partial charge in [0, 0.05) is 13.1 Å². The molecule has 0 fully saturated rings. The summed E-state index contributed by atoms with van der Waals surface area (Å²) in [6.07, 6.45) is 1.75. The van der Waals surface area contributed by atoms with Gasteiger partial charge < -0.3 is 15.0 Å². The Kier molecular flexibility index (Phi) is 10.2. The van der Waals surface area contributed by atoms with Crippen LogP contribution in [-0.4, -0.2) is 57.6 Å². The van der Waals surface area contributed by atoms with Crippen LogP contribution in [0.4, 0.5) is 5.69 Å². The third-order valence-electron chi connectivity index (χ3n) is 5.34. The summed E-state index contributed by atoms with van der Waals surface area (Å²) >= 11 is 12.2. The number of ether oxygens (including phenoxy) is 1. The maximum atomic E-state index is 13.6. The first-order chi connectivity index (χ1) is 16.4. The first-order valence-electron chi connectivity index (χ1n) is 11.0. The van der Waals surface area contributed by atoms with Crippen molar-refractivity contribution < 1.29 is 22.7 Å². The van der Waals surface area contributed by atoms with Gasteiger partial charge in [0.05, 0.1) is 29.1 Å². The fourth-order valence-electron chi connectivity index (χ4n) is 3.40. The Morgan fingerprint density at radius 2 is 1.80 bits per heavy atom. The van der Waals surface area contributed by atoms with Crippen LogP contribution in [0.5, 0.6) is 5.75 Å². The minimum absolute atomic E-state index is 0.0268. The predicted molar refractivity (Wildman–Crippen MR) is 140 cm³/mol. The second kappa shape index (κ2) is 12.5. The zero-order valence-electron chi connectivity index (χ0n) is 20.5. The van der Waals surface area contributed by atoms with E-state index in [2.05, 4.69) is 5.32 Å². The number of anilines is 1. The van der Waals surface area contributed by atoms with E-state index in [0.29, 0.717) is 27.9 Å². The molecule has 2 amide bonds. The molecule has 0 aliphatic rings. The number of carbonyl (C=O) groups excluding carboxylic acids is 2. The number of sulfonamides is 1. The minimum atomic E-state index is -3.87. The maximum absolute atomic E-state index is 13.6. The quantitative estimate of drug-likeness (QED) is 0.461. The number of methoxy groups -OCH3 is 1. The van der Waals surface area contributed by atoms with Gasteiger partial charge in [-0.2, -0.15) is 0 Å². The van der Waals surface area contributed by atoms with Gasteiger partial charge in [0.15, 0.2) is 0 Å². The van der Waals surface area contributed by atoms with Crippen molar-refractivity contribution in [1.82, 2.24) is 10.2 Å². The molecule has 0 aliphatic heterocycles. The lowest BCUT2D eigenvalue weighted by Gasteiger charge is -2.32. The smallest absolute Gasteiger partial charge is 0.244 e. The molecule has 8 nitrogen and oxygen atoms in total. The Bertz CT molecular complexity index is 1170. The van der Waals surface area contributed by atoms with Crippen LogP contribution in [0.1, 0.15) is 31.4 Å². The maximum Gasteiger partial charge on any atom is 0.244 e. The van der Waals surface area contributed by atoms with Crippen molar-refractivity contribution in [2.24, 2.45) is 0 Å². The van der Waals surface area contributed by atoms with Gasteiger partial charge in [-0.25, -0.2) is 8.42 Å². The number of amides is 2. The fourth-order valence-corrected chi connectivity index (χ4v) is 4.57. The van der Waals surface area contributed by atoms with Gasteiger partial charge in [0.1, 0.15) is 18.3 Å². The number of rotatable bonds is 11. The standard InChI is InChI=1S/C24H31Cl2N3O5S/c1-6-11-27-24(31)17(3)28(14-18-8-9-19(25)20(26)13-18)23(30)15-29(35(5,32)33)21-12-16(2)7-10-22(21)34-4/h7-10,12-13,17H,6,11,14-15H2,1-5H3,(H,27,31)/t17-/m1/s1. The van der Waals surface area contributed by atoms with Crippen LogP contribution in [0.25, 0.3) is 0 Å². The van der Waals surface area contributed by atoms with Crippen molar-refractivity contribution in [3.8, 4) is 5.75 Å². The molecule has 0 radical (unpaired) electrons. The summed E-state index contributed by atoms with van der Waals surface area (Å²) in [4.78, 5) is 27.7. The molecule has 35 heavy (non-hydrogen) atoms. The van der Waals surface area contributed by atoms with E-state index in [1.54, 1.807) is 43.3 Å². The number of benzene rings is 2. The predicted octanol–water partition coefficient (Wildman–Crippen LogP) is 4.02. The molecule has 0 heterocycles. The second-order valence-corrected chi connectivity index (χ2v) is 10.9. The molecule has 0 aromatic heterocycles. The van der Waals surface area contributed by atoms with Crippen molar-refractivity contribution >= 4 is 50.7 Å². The summed E-state index contributed by atoms with van der Waals surface area (Å²) in [7, 11) is -2.45. The fraction of sp³-hybridized carbons (Fsp3) is 0.417. The molecule has 192 valence electrons. The first kappa shape index (κ1) is 28.7. The lowest BCUT2D eigenvalue weighted by atomic mass is 10.1. The largest absolute Gasteiger partial charge is 0.495 e. The molecule has 2 aromatic rings. The van der Waals surface area contributed by atoms with E-state index in [1.807, 2.05) is 13.8 Å². The van der Waals surface area contributed by atoms with Crippen molar-refractivity contribution in [2.45, 2.75) is 39.8 Å². The molecular weight excluding hydrogens is 513 g/mol. The van der Waals surface area contributed by atoms with Crippen molar-refractivity contribution in [2.75, 3.05) is 30.8 Å². The number of halogens is 2. The van der Waals surface area contributed by atoms with E-state index >= 15 is 0 Å². The number of nitrogens with zero attached hydrogens (tertiary/aromatic N) is 2. The molecule has 2 aromatic carbocycles. The van der Waals surface area contributed by atoms with Crippen LogP contribution >= 0.6 is 23.2 Å². The van der Waals surface area contributed by atoms with Crippen LogP contribution in [0.3, 0.4) is 0 Å². The Hall–Kier alpha value is -2.49. The van der Waals surface area contributed by atoms with Gasteiger partial charge in [-0.1, -0.05) is 42.3 Å². The molecular formula is C24H31Cl2N3O5S. The summed E-state index contributed by atoms with van der Waals surface area (Å²) in [6, 6.07) is 9.09. The van der Waals surface area contributed by atoms with E-state index in [9.17, 15) is 18.0 Å². The normalized spacial score (nSPS) is 12.1. The molecule has 0 saturated carbocycles. The SMILES string of the molecule is CCCNC(=O)[C@@H](C)N(Cc1ccc(Cl)c(Cl)c1)C(=O)CN(c1cc(C)ccc1OC)S(C)(=O)=O. The van der Waals surface area contributed by atoms with E-state index in [4.69, 9.17) is 27.9 Å². The number of carbonyl (C=O) groups is 2. The second-order valence-electron chi connectivity index (χ2n) is 8.18. The summed E-state index contributed by atoms with van der Waals surface area (Å²) in [5, 5.41) is 3.45. The van der Waals surface area contributed by atoms with Crippen LogP contribution in [0.2, 0.25) is 10.0 Å². The van der Waals surface area contributed by atoms with E-state index in [-0.39, 0.29) is 18.1 Å². The van der Waals surface area contributed by atoms with Gasteiger partial charge in [-0.3, -0.25) is 13.9 Å². The highest BCUT2D eigenvalue weighted by Gasteiger charge is 2.31. The molecule has 0 aliphatic carbocycles. The van der Waals surface area contributed by atoms with Gasteiger partial charge in [0.25, 0.3) is 0 Å². The Labute approximate surface area is 217 Å². The average Bonchev–Trinajstić information content (AvgIpc) is 2.80. The van der Waals surface area contributed by atoms with Crippen molar-refractivity contribution in [3.05, 3.63) is 57.6 Å². The molecule has 1 atom stereocenters. The zero-order chi connectivity index (χ0) is 26.3. The number of hydrogen-bond acceptors (Lipinski definition) is 5. The van der Waals surface area contributed by atoms with Crippen LogP contribution in [0.15, 0.2) is 36.4 Å². The molecule has 11 heteroatoms. The van der Waals surface area contributed by atoms with E-state index < -0.39 is 28.5 Å². The van der Waals surface area contributed by atoms with Gasteiger partial charge in [-0.05, 0) is 55.7 Å². The zero-order valence-corrected chi connectivity index (χ0v) is 22.8. The van der Waals surface area contributed by atoms with Gasteiger partial charge >= 0.3 is 0 Å². The first-order valence-corrected chi connectivity index (χ1v) is 13.6. The lowest BCUT2D eigenvalue weighted by molar-refractivity contribution is -0.139. The molecule has 0 saturated heterocycles. The Morgan fingerprint density at radius 1 is 1.11 bits per heavy atom. The number of hydrogen-bond donors (Lipinski definition) is 1. The Morgan fingerprint density at radius 3 is 2.37 bits per heavy atom. The third-order valence-corrected chi connectivity index (χ3v) is 7.20. The number of aryl methyl sites for hydroxylation is 1. The average molecular weight is 545 g/mol. The molecule has 0 spiro atoms. The van der Waals surface area contributed by atoms with Gasteiger partial charge in [0.2, 0.25) is 21.8 Å². The molecule has 1 N–H and O–H groups in total. The highest BCUT2D eigenvalue weighted by Crippen LogP contribution is 2.31. The van der Waals surface area contributed by atoms with Crippen LogP contribution in [-0.2, 0) is 26.2 Å². The molecule has 2 rings (SSSR count). The molecule has 0 unspecified atom stereocenters. The van der Waals surface area contributed by atoms with Crippen molar-refractivity contribution in [1.29, 1.82) is 0 Å². The van der Waals surface area contributed by atoms with Crippen LogP contribution in [0, 0.1) is 6.92 Å². The van der Waals surface area contributed by atoms with Crippen LogP contribution < -0.4 is 14.4 Å². The third kappa shape index (κ3) is 7.75.